The molecule has 0 fully saturated rings. The number of halogens is 3. The highest BCUT2D eigenvalue weighted by Crippen LogP contribution is 2.31. The smallest absolute Gasteiger partial charge is 0.0517 e. The Balaban J connectivity index is 1.91. The van der Waals surface area contributed by atoms with E-state index in [9.17, 15) is 0 Å². The fourth-order valence-electron chi connectivity index (χ4n) is 2.82. The summed E-state index contributed by atoms with van der Waals surface area (Å²) in [4.78, 5) is 2.51. The number of nitrogens with zero attached hydrogens (tertiary/aromatic N) is 1. The molecule has 1 aromatic rings. The minimum absolute atomic E-state index is 0.377. The minimum atomic E-state index is 0.377. The molecule has 0 spiro atoms. The SMILES string of the molecule is BrC1=CC[C@@H](N(c2ccc(Br)cc2)[C@H]2C=CC(Br)=CC2)C=C1. The first-order valence-corrected chi connectivity index (χ1v) is 9.63. The van der Waals surface area contributed by atoms with E-state index >= 15 is 0 Å². The van der Waals surface area contributed by atoms with E-state index in [0.29, 0.717) is 12.1 Å². The lowest BCUT2D eigenvalue weighted by atomic mass is 9.99. The molecule has 1 nitrogen and oxygen atoms in total. The van der Waals surface area contributed by atoms with E-state index in [1.54, 1.807) is 0 Å². The Bertz CT molecular complexity index is 619. The molecule has 2 aliphatic carbocycles. The van der Waals surface area contributed by atoms with E-state index in [4.69, 9.17) is 0 Å². The topological polar surface area (TPSA) is 3.24 Å². The predicted octanol–water partition coefficient (Wildman–Crippen LogP) is 6.47. The van der Waals surface area contributed by atoms with E-state index in [1.165, 1.54) is 14.7 Å². The van der Waals surface area contributed by atoms with E-state index in [0.717, 1.165) is 17.3 Å². The fourth-order valence-corrected chi connectivity index (χ4v) is 3.76. The standard InChI is InChI=1S/C18H16Br3N/c19-13-1-7-16(8-2-13)22(17-9-3-14(20)4-10-17)18-11-5-15(21)6-12-18/h1-9,11,17-18H,10,12H2/t17-,18-/m0/s1. The molecule has 0 radical (unpaired) electrons. The Labute approximate surface area is 156 Å². The number of hydrogen-bond acceptors (Lipinski definition) is 1. The summed E-state index contributed by atoms with van der Waals surface area (Å²) < 4.78 is 3.45. The third-order valence-electron chi connectivity index (χ3n) is 3.90. The molecule has 0 aromatic heterocycles. The Hall–Kier alpha value is -0.580. The van der Waals surface area contributed by atoms with Gasteiger partial charge in [0.05, 0.1) is 12.1 Å². The number of allylic oxidation sites excluding steroid dienone is 4. The van der Waals surface area contributed by atoms with Crippen molar-refractivity contribution in [3.05, 3.63) is 74.2 Å². The molecule has 22 heavy (non-hydrogen) atoms. The molecular formula is C18H16Br3N. The van der Waals surface area contributed by atoms with Gasteiger partial charge in [-0.1, -0.05) is 84.2 Å². The highest BCUT2D eigenvalue weighted by Gasteiger charge is 2.25. The third-order valence-corrected chi connectivity index (χ3v) is 5.61. The van der Waals surface area contributed by atoms with Crippen molar-refractivity contribution < 1.29 is 0 Å². The first-order valence-electron chi connectivity index (χ1n) is 7.25. The molecular weight excluding hydrogens is 470 g/mol. The molecule has 0 saturated carbocycles. The lowest BCUT2D eigenvalue weighted by Gasteiger charge is -2.38. The Morgan fingerprint density at radius 3 is 1.68 bits per heavy atom. The van der Waals surface area contributed by atoms with E-state index in [-0.39, 0.29) is 0 Å². The van der Waals surface area contributed by atoms with Crippen molar-refractivity contribution in [1.82, 2.24) is 0 Å². The van der Waals surface area contributed by atoms with Gasteiger partial charge in [0.2, 0.25) is 0 Å². The Morgan fingerprint density at radius 2 is 1.27 bits per heavy atom. The number of rotatable bonds is 3. The van der Waals surface area contributed by atoms with E-state index in [2.05, 4.69) is 113 Å². The fraction of sp³-hybridized carbons (Fsp3) is 0.222. The van der Waals surface area contributed by atoms with Gasteiger partial charge in [-0.25, -0.2) is 0 Å². The quantitative estimate of drug-likeness (QED) is 0.474. The van der Waals surface area contributed by atoms with Crippen molar-refractivity contribution in [1.29, 1.82) is 0 Å². The molecule has 4 heteroatoms. The monoisotopic (exact) mass is 483 g/mol. The average Bonchev–Trinajstić information content (AvgIpc) is 2.53. The first kappa shape index (κ1) is 16.3. The van der Waals surface area contributed by atoms with Gasteiger partial charge in [-0.2, -0.15) is 0 Å². The maximum absolute atomic E-state index is 3.55. The molecule has 0 unspecified atom stereocenters. The lowest BCUT2D eigenvalue weighted by molar-refractivity contribution is 0.615. The van der Waals surface area contributed by atoms with Gasteiger partial charge in [0, 0.05) is 19.1 Å². The van der Waals surface area contributed by atoms with Gasteiger partial charge in [-0.05, 0) is 37.1 Å². The molecule has 0 amide bonds. The average molecular weight is 486 g/mol. The van der Waals surface area contributed by atoms with Gasteiger partial charge in [0.25, 0.3) is 0 Å². The van der Waals surface area contributed by atoms with Crippen LogP contribution in [0.5, 0.6) is 0 Å². The summed E-state index contributed by atoms with van der Waals surface area (Å²) in [5.74, 6) is 0. The van der Waals surface area contributed by atoms with Crippen molar-refractivity contribution in [3.8, 4) is 0 Å². The van der Waals surface area contributed by atoms with Crippen LogP contribution < -0.4 is 4.90 Å². The van der Waals surface area contributed by atoms with Crippen molar-refractivity contribution in [3.63, 3.8) is 0 Å². The van der Waals surface area contributed by atoms with Crippen LogP contribution in [0.1, 0.15) is 12.8 Å². The van der Waals surface area contributed by atoms with Crippen LogP contribution in [-0.2, 0) is 0 Å². The van der Waals surface area contributed by atoms with Crippen LogP contribution in [-0.4, -0.2) is 12.1 Å². The molecule has 0 heterocycles. The maximum Gasteiger partial charge on any atom is 0.0517 e. The molecule has 3 rings (SSSR count). The second kappa shape index (κ2) is 7.33. The number of benzene rings is 1. The van der Waals surface area contributed by atoms with Crippen molar-refractivity contribution in [2.24, 2.45) is 0 Å². The molecule has 0 N–H and O–H groups in total. The summed E-state index contributed by atoms with van der Waals surface area (Å²) in [6, 6.07) is 9.35. The van der Waals surface area contributed by atoms with Gasteiger partial charge < -0.3 is 4.90 Å². The zero-order valence-electron chi connectivity index (χ0n) is 11.9. The predicted molar refractivity (Wildman–Crippen MR) is 106 cm³/mol. The van der Waals surface area contributed by atoms with Crippen molar-refractivity contribution >= 4 is 53.5 Å². The Morgan fingerprint density at radius 1 is 0.773 bits per heavy atom. The van der Waals surface area contributed by atoms with Gasteiger partial charge in [-0.15, -0.1) is 0 Å². The molecule has 0 bridgehead atoms. The normalized spacial score (nSPS) is 24.0. The zero-order chi connectivity index (χ0) is 15.5. The lowest BCUT2D eigenvalue weighted by Crippen LogP contribution is -2.42. The molecule has 2 aliphatic rings. The molecule has 2 atom stereocenters. The molecule has 114 valence electrons. The second-order valence-corrected chi connectivity index (χ2v) is 8.13. The summed E-state index contributed by atoms with van der Waals surface area (Å²) in [6.07, 6.45) is 15.4. The molecule has 0 aliphatic heterocycles. The summed E-state index contributed by atoms with van der Waals surface area (Å²) in [7, 11) is 0. The van der Waals surface area contributed by atoms with Crippen LogP contribution in [0.4, 0.5) is 5.69 Å². The summed E-state index contributed by atoms with van der Waals surface area (Å²) in [5.41, 5.74) is 1.25. The van der Waals surface area contributed by atoms with Crippen molar-refractivity contribution in [2.45, 2.75) is 24.9 Å². The highest BCUT2D eigenvalue weighted by atomic mass is 79.9. The number of anilines is 1. The summed E-state index contributed by atoms with van der Waals surface area (Å²) in [5, 5.41) is 0. The molecule has 1 aromatic carbocycles. The van der Waals surface area contributed by atoms with E-state index < -0.39 is 0 Å². The molecule has 0 saturated heterocycles. The third kappa shape index (κ3) is 3.84. The second-order valence-electron chi connectivity index (χ2n) is 5.39. The van der Waals surface area contributed by atoms with Crippen LogP contribution in [0, 0.1) is 0 Å². The first-order chi connectivity index (χ1) is 10.6. The van der Waals surface area contributed by atoms with E-state index in [1.807, 2.05) is 0 Å². The van der Waals surface area contributed by atoms with Crippen LogP contribution in [0.3, 0.4) is 0 Å². The van der Waals surface area contributed by atoms with Gasteiger partial charge in [-0.3, -0.25) is 0 Å². The van der Waals surface area contributed by atoms with Crippen LogP contribution in [0.25, 0.3) is 0 Å². The van der Waals surface area contributed by atoms with Gasteiger partial charge >= 0.3 is 0 Å². The number of hydrogen-bond donors (Lipinski definition) is 0. The largest absolute Gasteiger partial charge is 0.358 e. The maximum atomic E-state index is 3.55. The summed E-state index contributed by atoms with van der Waals surface area (Å²) >= 11 is 10.6. The minimum Gasteiger partial charge on any atom is -0.358 e. The summed E-state index contributed by atoms with van der Waals surface area (Å²) in [6.45, 7) is 0. The highest BCUT2D eigenvalue weighted by molar-refractivity contribution is 9.12. The zero-order valence-corrected chi connectivity index (χ0v) is 16.7. The Kier molecular flexibility index (Phi) is 5.42. The van der Waals surface area contributed by atoms with Gasteiger partial charge in [0.15, 0.2) is 0 Å². The van der Waals surface area contributed by atoms with Crippen molar-refractivity contribution in [2.75, 3.05) is 4.90 Å². The van der Waals surface area contributed by atoms with Crippen LogP contribution >= 0.6 is 47.8 Å². The van der Waals surface area contributed by atoms with Crippen LogP contribution in [0.15, 0.2) is 74.2 Å². The van der Waals surface area contributed by atoms with Gasteiger partial charge in [0.1, 0.15) is 0 Å². The van der Waals surface area contributed by atoms with Crippen LogP contribution in [0.2, 0.25) is 0 Å².